The van der Waals surface area contributed by atoms with Gasteiger partial charge in [-0.15, -0.1) is 0 Å². The molecule has 39 heavy (non-hydrogen) atoms. The molecule has 1 heterocycles. The predicted molar refractivity (Wildman–Crippen MR) is 145 cm³/mol. The summed E-state index contributed by atoms with van der Waals surface area (Å²) in [6, 6.07) is 15.9. The molecule has 3 aromatic carbocycles. The Kier molecular flexibility index (Phi) is 8.51. The summed E-state index contributed by atoms with van der Waals surface area (Å²) >= 11 is 6.32. The quantitative estimate of drug-likeness (QED) is 0.215. The maximum Gasteiger partial charge on any atom is 0.295 e. The number of carbonyl (C=O) groups excluding carboxylic acids is 2. The van der Waals surface area contributed by atoms with Crippen LogP contribution in [0, 0.1) is 0 Å². The summed E-state index contributed by atoms with van der Waals surface area (Å²) in [6.07, 6.45) is 0. The largest absolute Gasteiger partial charge is 0.507 e. The number of hydrogen-bond donors (Lipinski definition) is 1. The average Bonchev–Trinajstić information content (AvgIpc) is 3.22. The van der Waals surface area contributed by atoms with Crippen LogP contribution in [0.3, 0.4) is 0 Å². The second-order valence-electron chi connectivity index (χ2n) is 8.48. The van der Waals surface area contributed by atoms with Gasteiger partial charge in [-0.2, -0.15) is 0 Å². The Morgan fingerprint density at radius 3 is 2.15 bits per heavy atom. The molecule has 0 bridgehead atoms. The van der Waals surface area contributed by atoms with Crippen molar-refractivity contribution in [2.24, 2.45) is 0 Å². The summed E-state index contributed by atoms with van der Waals surface area (Å²) < 4.78 is 27.0. The van der Waals surface area contributed by atoms with Gasteiger partial charge in [0.25, 0.3) is 11.7 Å². The minimum absolute atomic E-state index is 0.0652. The highest BCUT2D eigenvalue weighted by Crippen LogP contribution is 2.43. The van der Waals surface area contributed by atoms with Gasteiger partial charge in [0, 0.05) is 6.07 Å². The Morgan fingerprint density at radius 2 is 1.51 bits per heavy atom. The number of methoxy groups -OCH3 is 4. The van der Waals surface area contributed by atoms with Crippen LogP contribution < -0.4 is 23.7 Å². The SMILES string of the molecule is COc1ccc(OCCN2C(=O)C(=O)/C(=C(/O)c3cc(Cl)c(OC)cc3OC)C2c2cccc(OC)c2)cc1. The van der Waals surface area contributed by atoms with Crippen molar-refractivity contribution >= 4 is 29.1 Å². The lowest BCUT2D eigenvalue weighted by atomic mass is 9.94. The number of aliphatic hydroxyl groups excluding tert-OH is 1. The van der Waals surface area contributed by atoms with E-state index in [-0.39, 0.29) is 35.1 Å². The summed E-state index contributed by atoms with van der Waals surface area (Å²) in [5.41, 5.74) is 0.596. The molecule has 1 saturated heterocycles. The molecule has 1 atom stereocenters. The number of carbonyl (C=O) groups is 2. The zero-order chi connectivity index (χ0) is 28.1. The number of Topliss-reactive ketones (excluding diaryl/α,β-unsaturated/α-hetero) is 1. The maximum atomic E-state index is 13.4. The van der Waals surface area contributed by atoms with E-state index in [1.807, 2.05) is 0 Å². The molecule has 204 valence electrons. The molecule has 4 rings (SSSR count). The standard InChI is InChI=1S/C29H28ClNO8/c1-35-18-8-10-19(11-9-18)39-13-12-31-26(17-6-5-7-20(14-17)36-2)25(28(33)29(31)34)27(32)21-15-22(30)24(38-4)16-23(21)37-3/h5-11,14-16,26,32H,12-13H2,1-4H3/b27-25+. The summed E-state index contributed by atoms with van der Waals surface area (Å²) in [5.74, 6) is 0.263. The first kappa shape index (κ1) is 27.7. The smallest absolute Gasteiger partial charge is 0.295 e. The molecule has 1 unspecified atom stereocenters. The fourth-order valence-corrected chi connectivity index (χ4v) is 4.63. The number of ether oxygens (including phenoxy) is 5. The molecule has 1 aliphatic heterocycles. The second-order valence-corrected chi connectivity index (χ2v) is 8.89. The number of aliphatic hydroxyl groups is 1. The van der Waals surface area contributed by atoms with E-state index < -0.39 is 23.5 Å². The highest BCUT2D eigenvalue weighted by molar-refractivity contribution is 6.46. The Hall–Kier alpha value is -4.37. The highest BCUT2D eigenvalue weighted by Gasteiger charge is 2.46. The molecule has 10 heteroatoms. The first-order chi connectivity index (χ1) is 18.8. The van der Waals surface area contributed by atoms with Crippen molar-refractivity contribution in [3.63, 3.8) is 0 Å². The minimum atomic E-state index is -0.926. The molecular weight excluding hydrogens is 526 g/mol. The van der Waals surface area contributed by atoms with Crippen molar-refractivity contribution in [2.45, 2.75) is 6.04 Å². The van der Waals surface area contributed by atoms with Crippen molar-refractivity contribution in [3.05, 3.63) is 82.4 Å². The summed E-state index contributed by atoms with van der Waals surface area (Å²) in [5, 5.41) is 11.7. The molecule has 0 spiro atoms. The monoisotopic (exact) mass is 553 g/mol. The van der Waals surface area contributed by atoms with Crippen molar-refractivity contribution in [3.8, 4) is 28.7 Å². The molecule has 0 saturated carbocycles. The van der Waals surface area contributed by atoms with Gasteiger partial charge in [0.2, 0.25) is 0 Å². The van der Waals surface area contributed by atoms with E-state index in [4.69, 9.17) is 35.3 Å². The number of halogens is 1. The van der Waals surface area contributed by atoms with Crippen LogP contribution in [0.1, 0.15) is 17.2 Å². The van der Waals surface area contributed by atoms with E-state index >= 15 is 0 Å². The Balaban J connectivity index is 1.76. The van der Waals surface area contributed by atoms with Crippen molar-refractivity contribution in [2.75, 3.05) is 41.6 Å². The van der Waals surface area contributed by atoms with Gasteiger partial charge >= 0.3 is 0 Å². The lowest BCUT2D eigenvalue weighted by Gasteiger charge is -2.26. The first-order valence-corrected chi connectivity index (χ1v) is 12.3. The summed E-state index contributed by atoms with van der Waals surface area (Å²) in [6.45, 7) is 0.160. The van der Waals surface area contributed by atoms with Crippen LogP contribution in [0.5, 0.6) is 28.7 Å². The van der Waals surface area contributed by atoms with Crippen LogP contribution in [0.2, 0.25) is 5.02 Å². The van der Waals surface area contributed by atoms with E-state index in [9.17, 15) is 14.7 Å². The zero-order valence-corrected chi connectivity index (χ0v) is 22.7. The summed E-state index contributed by atoms with van der Waals surface area (Å²) in [7, 11) is 5.94. The predicted octanol–water partition coefficient (Wildman–Crippen LogP) is 4.88. The number of nitrogens with zero attached hydrogens (tertiary/aromatic N) is 1. The Labute approximate surface area is 231 Å². The molecular formula is C29H28ClNO8. The maximum absolute atomic E-state index is 13.4. The van der Waals surface area contributed by atoms with Crippen LogP contribution in [-0.2, 0) is 9.59 Å². The number of likely N-dealkylation sites (tertiary alicyclic amines) is 1. The molecule has 3 aromatic rings. The van der Waals surface area contributed by atoms with E-state index in [0.717, 1.165) is 0 Å². The van der Waals surface area contributed by atoms with Gasteiger partial charge in [-0.05, 0) is 48.0 Å². The van der Waals surface area contributed by atoms with Crippen molar-refractivity contribution < 1.29 is 38.4 Å². The van der Waals surface area contributed by atoms with Crippen LogP contribution in [0.15, 0.2) is 66.2 Å². The number of rotatable bonds is 10. The lowest BCUT2D eigenvalue weighted by molar-refractivity contribution is -0.140. The van der Waals surface area contributed by atoms with E-state index in [1.54, 1.807) is 55.6 Å². The van der Waals surface area contributed by atoms with Gasteiger partial charge in [-0.3, -0.25) is 9.59 Å². The molecule has 0 aliphatic carbocycles. The molecule has 1 N–H and O–H groups in total. The average molecular weight is 554 g/mol. The fourth-order valence-electron chi connectivity index (χ4n) is 4.39. The number of hydrogen-bond acceptors (Lipinski definition) is 8. The van der Waals surface area contributed by atoms with Gasteiger partial charge in [-0.1, -0.05) is 23.7 Å². The van der Waals surface area contributed by atoms with Gasteiger partial charge in [0.05, 0.1) is 57.2 Å². The van der Waals surface area contributed by atoms with Crippen molar-refractivity contribution in [1.29, 1.82) is 0 Å². The van der Waals surface area contributed by atoms with Crippen LogP contribution in [0.25, 0.3) is 5.76 Å². The number of amides is 1. The Bertz CT molecular complexity index is 1400. The van der Waals surface area contributed by atoms with E-state index in [2.05, 4.69) is 0 Å². The minimum Gasteiger partial charge on any atom is -0.507 e. The van der Waals surface area contributed by atoms with Crippen LogP contribution in [0.4, 0.5) is 0 Å². The Morgan fingerprint density at radius 1 is 0.846 bits per heavy atom. The first-order valence-electron chi connectivity index (χ1n) is 11.9. The normalized spacial score (nSPS) is 16.2. The molecule has 9 nitrogen and oxygen atoms in total. The molecule has 0 radical (unpaired) electrons. The molecule has 1 fully saturated rings. The van der Waals surface area contributed by atoms with Gasteiger partial charge in [0.15, 0.2) is 0 Å². The van der Waals surface area contributed by atoms with Crippen LogP contribution in [-0.4, -0.2) is 63.3 Å². The van der Waals surface area contributed by atoms with Crippen molar-refractivity contribution in [1.82, 2.24) is 4.90 Å². The van der Waals surface area contributed by atoms with Gasteiger partial charge in [0.1, 0.15) is 41.1 Å². The third-order valence-corrected chi connectivity index (χ3v) is 6.63. The van der Waals surface area contributed by atoms with E-state index in [1.165, 1.54) is 38.4 Å². The molecule has 0 aromatic heterocycles. The number of ketones is 1. The van der Waals surface area contributed by atoms with Gasteiger partial charge < -0.3 is 33.7 Å². The summed E-state index contributed by atoms with van der Waals surface area (Å²) in [4.78, 5) is 28.0. The topological polar surface area (TPSA) is 104 Å². The zero-order valence-electron chi connectivity index (χ0n) is 21.9. The lowest BCUT2D eigenvalue weighted by Crippen LogP contribution is -2.33. The van der Waals surface area contributed by atoms with Gasteiger partial charge in [-0.25, -0.2) is 0 Å². The fraction of sp³-hybridized carbons (Fsp3) is 0.241. The second kappa shape index (κ2) is 12.0. The molecule has 1 amide bonds. The third kappa shape index (κ3) is 5.58. The third-order valence-electron chi connectivity index (χ3n) is 6.34. The highest BCUT2D eigenvalue weighted by atomic mass is 35.5. The number of benzene rings is 3. The van der Waals surface area contributed by atoms with E-state index in [0.29, 0.717) is 28.6 Å². The molecule has 1 aliphatic rings. The van der Waals surface area contributed by atoms with Crippen LogP contribution >= 0.6 is 11.6 Å².